The van der Waals surface area contributed by atoms with Gasteiger partial charge in [0.15, 0.2) is 8.32 Å². The number of aryl methyl sites for hydroxylation is 1. The van der Waals surface area contributed by atoms with Crippen LogP contribution in [-0.2, 0) is 25.6 Å². The number of aliphatic hydroxyl groups is 1. The van der Waals surface area contributed by atoms with Crippen molar-refractivity contribution >= 4 is 35.7 Å². The zero-order valence-corrected chi connectivity index (χ0v) is 31.1. The minimum Gasteiger partial charge on any atom is -0.444 e. The largest absolute Gasteiger partial charge is 0.444 e. The summed E-state index contributed by atoms with van der Waals surface area (Å²) < 4.78 is 18.6. The average molecular weight is 602 g/mol. The average Bonchev–Trinajstić information content (AvgIpc) is 3.20. The van der Waals surface area contributed by atoms with Crippen LogP contribution in [0.25, 0.3) is 10.8 Å². The molecule has 1 fully saturated rings. The van der Waals surface area contributed by atoms with Gasteiger partial charge in [0.05, 0.1) is 18.8 Å². The first kappa shape index (κ1) is 33.8. The monoisotopic (exact) mass is 601 g/mol. The molecule has 1 N–H and O–H groups in total. The van der Waals surface area contributed by atoms with Crippen LogP contribution in [0.1, 0.15) is 103 Å². The highest BCUT2D eigenvalue weighted by atomic mass is 28.4. The van der Waals surface area contributed by atoms with Crippen molar-refractivity contribution < 1.29 is 23.5 Å². The molecule has 2 aromatic carbocycles. The lowest BCUT2D eigenvalue weighted by atomic mass is 9.75. The number of likely N-dealkylation sites (tertiary alicyclic amines) is 1. The van der Waals surface area contributed by atoms with E-state index in [-0.39, 0.29) is 16.6 Å². The van der Waals surface area contributed by atoms with Crippen molar-refractivity contribution in [1.82, 2.24) is 4.90 Å². The number of hydrogen-bond donors (Lipinski definition) is 1. The van der Waals surface area contributed by atoms with Crippen LogP contribution in [0.4, 0.5) is 4.79 Å². The van der Waals surface area contributed by atoms with E-state index in [9.17, 15) is 9.90 Å². The van der Waals surface area contributed by atoms with Gasteiger partial charge >= 0.3 is 6.09 Å². The molecule has 6 nitrogen and oxygen atoms in total. The van der Waals surface area contributed by atoms with E-state index in [1.165, 1.54) is 16.5 Å². The summed E-state index contributed by atoms with van der Waals surface area (Å²) in [5.41, 5.74) is 4.74. The van der Waals surface area contributed by atoms with Gasteiger partial charge in [0.25, 0.3) is 0 Å². The topological polar surface area (TPSA) is 68.2 Å². The maximum atomic E-state index is 13.6. The highest BCUT2D eigenvalue weighted by Gasteiger charge is 2.47. The highest BCUT2D eigenvalue weighted by Crippen LogP contribution is 2.45. The number of aliphatic hydroxyl groups excluding tert-OH is 1. The van der Waals surface area contributed by atoms with Crippen LogP contribution in [0.3, 0.4) is 0 Å². The molecular formula is C33H55NO5Si2. The quantitative estimate of drug-likeness (QED) is 0.362. The Balaban J connectivity index is 2.23. The number of benzene rings is 2. The maximum absolute atomic E-state index is 13.6. The number of nitrogens with zero attached hydrogens (tertiary/aromatic N) is 1. The van der Waals surface area contributed by atoms with Crippen molar-refractivity contribution in [3.05, 3.63) is 46.0 Å². The van der Waals surface area contributed by atoms with Crippen molar-refractivity contribution in [2.75, 3.05) is 6.54 Å². The summed E-state index contributed by atoms with van der Waals surface area (Å²) in [4.78, 5) is 15.3. The number of hydrogen-bond acceptors (Lipinski definition) is 5. The second-order valence-electron chi connectivity index (χ2n) is 15.5. The molecule has 3 rings (SSSR count). The number of amides is 1. The van der Waals surface area contributed by atoms with Gasteiger partial charge in [-0.25, -0.2) is 4.79 Å². The van der Waals surface area contributed by atoms with Crippen molar-refractivity contribution in [1.29, 1.82) is 0 Å². The van der Waals surface area contributed by atoms with Gasteiger partial charge in [0.1, 0.15) is 22.2 Å². The molecule has 230 valence electrons. The molecule has 1 amide bonds. The Labute approximate surface area is 252 Å². The molecule has 1 aliphatic rings. The first-order valence-corrected chi connectivity index (χ1v) is 18.7. The Hall–Kier alpha value is -1.72. The Morgan fingerprint density at radius 2 is 1.71 bits per heavy atom. The van der Waals surface area contributed by atoms with E-state index in [2.05, 4.69) is 86.7 Å². The highest BCUT2D eigenvalue weighted by molar-refractivity contribution is 6.74. The van der Waals surface area contributed by atoms with Crippen LogP contribution in [0, 0.1) is 13.8 Å². The molecule has 1 heterocycles. The van der Waals surface area contributed by atoms with Crippen LogP contribution in [0.5, 0.6) is 0 Å². The molecule has 8 heteroatoms. The van der Waals surface area contributed by atoms with Crippen LogP contribution in [0.2, 0.25) is 18.1 Å². The van der Waals surface area contributed by atoms with E-state index in [1.807, 2.05) is 20.8 Å². The molecule has 0 saturated carbocycles. The molecule has 0 aliphatic carbocycles. The first-order chi connectivity index (χ1) is 18.6. The Bertz CT molecular complexity index is 1270. The predicted octanol–water partition coefficient (Wildman–Crippen LogP) is 6.98. The maximum Gasteiger partial charge on any atom is 0.410 e. The number of fused-ring (bicyclic) bond motifs is 1. The first-order valence-electron chi connectivity index (χ1n) is 15.0. The van der Waals surface area contributed by atoms with Crippen LogP contribution >= 0.6 is 0 Å². The molecule has 0 spiro atoms. The Kier molecular flexibility index (Phi) is 9.69. The van der Waals surface area contributed by atoms with E-state index in [0.717, 1.165) is 22.1 Å². The van der Waals surface area contributed by atoms with Gasteiger partial charge in [-0.2, -0.15) is 0 Å². The summed E-state index contributed by atoms with van der Waals surface area (Å²) in [6.07, 6.45) is -0.975. The molecule has 0 bridgehead atoms. The number of rotatable bonds is 6. The van der Waals surface area contributed by atoms with Crippen molar-refractivity contribution in [2.45, 2.75) is 137 Å². The summed E-state index contributed by atoms with van der Waals surface area (Å²) in [7, 11) is -1.53. The lowest BCUT2D eigenvalue weighted by Gasteiger charge is -2.38. The molecule has 0 aromatic heterocycles. The van der Waals surface area contributed by atoms with Gasteiger partial charge < -0.3 is 18.7 Å². The van der Waals surface area contributed by atoms with Gasteiger partial charge in [0.2, 0.25) is 0 Å². The van der Waals surface area contributed by atoms with E-state index < -0.39 is 32.2 Å². The minimum atomic E-state index is -2.11. The standard InChI is InChI=1S/C33H55NO5Si2/c1-20-15-14-16-23-26(20)28(31(3,4)5)21(2)24(19-37-40)27(23)29(35)25-17-22(39-41(12,13)33(9,10)11)18-34(25)30(36)38-32(6,7)8/h14-16,22,25,29,35H,17-19H2,1-13,40H3/t22-,25+,29?/m1/s1. The third kappa shape index (κ3) is 7.09. The minimum absolute atomic E-state index is 0.0314. The van der Waals surface area contributed by atoms with E-state index in [0.29, 0.717) is 30.1 Å². The third-order valence-corrected chi connectivity index (χ3v) is 13.7. The van der Waals surface area contributed by atoms with E-state index >= 15 is 0 Å². The van der Waals surface area contributed by atoms with E-state index in [1.54, 1.807) is 4.90 Å². The molecule has 2 aromatic rings. The number of carbonyl (C=O) groups excluding carboxylic acids is 1. The fourth-order valence-corrected chi connectivity index (χ4v) is 7.71. The molecule has 1 saturated heterocycles. The Morgan fingerprint density at radius 3 is 2.22 bits per heavy atom. The predicted molar refractivity (Wildman–Crippen MR) is 175 cm³/mol. The second-order valence-corrected chi connectivity index (χ2v) is 20.8. The zero-order valence-electron chi connectivity index (χ0n) is 28.1. The number of carbonyl (C=O) groups is 1. The van der Waals surface area contributed by atoms with Crippen molar-refractivity contribution in [3.63, 3.8) is 0 Å². The summed E-state index contributed by atoms with van der Waals surface area (Å²) in [6, 6.07) is 5.82. The van der Waals surface area contributed by atoms with E-state index in [4.69, 9.17) is 13.6 Å². The number of ether oxygens (including phenoxy) is 1. The fraction of sp³-hybridized carbons (Fsp3) is 0.667. The lowest BCUT2D eigenvalue weighted by Crippen LogP contribution is -2.45. The molecule has 41 heavy (non-hydrogen) atoms. The Morgan fingerprint density at radius 1 is 1.10 bits per heavy atom. The van der Waals surface area contributed by atoms with Crippen molar-refractivity contribution in [2.24, 2.45) is 0 Å². The molecule has 0 radical (unpaired) electrons. The SMILES string of the molecule is Cc1c(CO[SiH3])c(C(O)[C@@H]2C[C@@H](O[Si](C)(C)C(C)(C)C)CN2C(=O)OC(C)(C)C)c2cccc(C)c2c1C(C)(C)C. The molecular weight excluding hydrogens is 547 g/mol. The lowest BCUT2D eigenvalue weighted by molar-refractivity contribution is 0.00442. The van der Waals surface area contributed by atoms with Crippen LogP contribution in [-0.4, -0.2) is 59.2 Å². The fourth-order valence-electron chi connectivity index (χ4n) is 6.06. The summed E-state index contributed by atoms with van der Waals surface area (Å²) in [6.45, 7) is 28.6. The third-order valence-electron chi connectivity index (χ3n) is 8.87. The van der Waals surface area contributed by atoms with Gasteiger partial charge in [-0.05, 0) is 103 Å². The smallest absolute Gasteiger partial charge is 0.410 e. The van der Waals surface area contributed by atoms with Gasteiger partial charge in [-0.3, -0.25) is 4.90 Å². The normalized spacial score (nSPS) is 19.7. The molecule has 3 atom stereocenters. The summed E-state index contributed by atoms with van der Waals surface area (Å²) >= 11 is 0. The zero-order chi connectivity index (χ0) is 31.3. The van der Waals surface area contributed by atoms with Gasteiger partial charge in [0, 0.05) is 6.54 Å². The second kappa shape index (κ2) is 11.8. The van der Waals surface area contributed by atoms with Crippen LogP contribution in [0.15, 0.2) is 18.2 Å². The summed E-state index contributed by atoms with van der Waals surface area (Å²) in [5, 5.41) is 14.6. The van der Waals surface area contributed by atoms with Gasteiger partial charge in [-0.1, -0.05) is 59.7 Å². The molecule has 1 unspecified atom stereocenters. The van der Waals surface area contributed by atoms with Crippen molar-refractivity contribution in [3.8, 4) is 0 Å². The van der Waals surface area contributed by atoms with Gasteiger partial charge in [-0.15, -0.1) is 0 Å². The summed E-state index contributed by atoms with van der Waals surface area (Å²) in [5.74, 6) is 0. The molecule has 1 aliphatic heterocycles. The van der Waals surface area contributed by atoms with Crippen LogP contribution < -0.4 is 0 Å².